The van der Waals surface area contributed by atoms with Gasteiger partial charge in [0.15, 0.2) is 0 Å². The molecule has 11 heteroatoms. The highest BCUT2D eigenvalue weighted by molar-refractivity contribution is 8.00. The minimum atomic E-state index is -0.482. The van der Waals surface area contributed by atoms with Gasteiger partial charge in [-0.05, 0) is 102 Å². The van der Waals surface area contributed by atoms with Crippen LogP contribution in [0, 0.1) is 0 Å². The van der Waals surface area contributed by atoms with Gasteiger partial charge in [-0.2, -0.15) is 11.3 Å². The Kier molecular flexibility index (Phi) is 11.8. The Balaban J connectivity index is 1.15. The van der Waals surface area contributed by atoms with Gasteiger partial charge in [0.05, 0.1) is 17.9 Å². The lowest BCUT2D eigenvalue weighted by atomic mass is 9.83. The summed E-state index contributed by atoms with van der Waals surface area (Å²) in [4.78, 5) is 55.1. The number of amides is 3. The number of esters is 1. The summed E-state index contributed by atoms with van der Waals surface area (Å²) in [7, 11) is 1.36. The van der Waals surface area contributed by atoms with E-state index in [0.717, 1.165) is 40.2 Å². The van der Waals surface area contributed by atoms with Gasteiger partial charge in [-0.25, -0.2) is 4.79 Å². The summed E-state index contributed by atoms with van der Waals surface area (Å²) in [5.74, 6) is -1.20. The Morgan fingerprint density at radius 3 is 2.43 bits per heavy atom. The van der Waals surface area contributed by atoms with Gasteiger partial charge in [-0.15, -0.1) is 23.1 Å². The van der Waals surface area contributed by atoms with Crippen molar-refractivity contribution in [1.82, 2.24) is 5.32 Å². The van der Waals surface area contributed by atoms with Crippen molar-refractivity contribution in [1.29, 1.82) is 0 Å². The van der Waals surface area contributed by atoms with Gasteiger partial charge in [0, 0.05) is 21.0 Å². The maximum atomic E-state index is 13.7. The van der Waals surface area contributed by atoms with Crippen molar-refractivity contribution in [2.75, 3.05) is 17.7 Å². The summed E-state index contributed by atoms with van der Waals surface area (Å²) < 4.78 is 5.16. The van der Waals surface area contributed by atoms with E-state index >= 15 is 0 Å². The van der Waals surface area contributed by atoms with Crippen molar-refractivity contribution >= 4 is 74.9 Å². The Morgan fingerprint density at radius 2 is 1.73 bits per heavy atom. The smallest absolute Gasteiger partial charge is 0.341 e. The fourth-order valence-electron chi connectivity index (χ4n) is 5.99. The van der Waals surface area contributed by atoms with Crippen LogP contribution < -0.4 is 16.0 Å². The zero-order chi connectivity index (χ0) is 35.7. The first-order chi connectivity index (χ1) is 24.8. The van der Waals surface area contributed by atoms with Crippen molar-refractivity contribution in [3.05, 3.63) is 140 Å². The highest BCUT2D eigenvalue weighted by Gasteiger charge is 2.31. The fourth-order valence-corrected chi connectivity index (χ4v) is 8.94. The molecular weight excluding hydrogens is 699 g/mol. The lowest BCUT2D eigenvalue weighted by molar-refractivity contribution is -0.116. The number of thiophene rings is 2. The number of thioether (sulfide) groups is 1. The average Bonchev–Trinajstić information content (AvgIpc) is 3.81. The number of ether oxygens (including phenoxy) is 1. The van der Waals surface area contributed by atoms with E-state index in [2.05, 4.69) is 28.1 Å². The first-order valence-electron chi connectivity index (χ1n) is 16.6. The quantitative estimate of drug-likeness (QED) is 0.0671. The molecule has 2 aromatic heterocycles. The van der Waals surface area contributed by atoms with E-state index in [-0.39, 0.29) is 11.6 Å². The Bertz CT molecular complexity index is 2040. The molecule has 1 aliphatic rings. The molecule has 0 spiro atoms. The number of carbonyl (C=O) groups is 4. The van der Waals surface area contributed by atoms with E-state index in [1.165, 1.54) is 47.1 Å². The number of hydrogen-bond donors (Lipinski definition) is 3. The van der Waals surface area contributed by atoms with Gasteiger partial charge in [0.2, 0.25) is 5.91 Å². The predicted molar refractivity (Wildman–Crippen MR) is 207 cm³/mol. The Hall–Kier alpha value is -4.97. The van der Waals surface area contributed by atoms with E-state index in [9.17, 15) is 19.2 Å². The second-order valence-corrected chi connectivity index (χ2v) is 15.1. The van der Waals surface area contributed by atoms with Crippen LogP contribution in [0.4, 0.5) is 10.7 Å². The number of fused-ring (bicyclic) bond motifs is 1. The number of methoxy groups -OCH3 is 1. The molecule has 0 saturated heterocycles. The van der Waals surface area contributed by atoms with Crippen LogP contribution in [0.2, 0.25) is 0 Å². The van der Waals surface area contributed by atoms with E-state index < -0.39 is 23.0 Å². The van der Waals surface area contributed by atoms with Crippen LogP contribution in [0.1, 0.15) is 68.0 Å². The number of hydrogen-bond acceptors (Lipinski definition) is 8. The number of benzene rings is 3. The third-order valence-electron chi connectivity index (χ3n) is 8.58. The van der Waals surface area contributed by atoms with Gasteiger partial charge in [-0.3, -0.25) is 14.4 Å². The van der Waals surface area contributed by atoms with Crippen LogP contribution >= 0.6 is 34.4 Å². The fraction of sp³-hybridized carbons (Fsp3) is 0.200. The zero-order valence-electron chi connectivity index (χ0n) is 28.1. The third-order valence-corrected chi connectivity index (χ3v) is 11.8. The summed E-state index contributed by atoms with van der Waals surface area (Å²) in [5, 5.41) is 12.5. The predicted octanol–water partition coefficient (Wildman–Crippen LogP) is 8.79. The van der Waals surface area contributed by atoms with E-state index in [0.29, 0.717) is 34.2 Å². The molecule has 0 fully saturated rings. The highest BCUT2D eigenvalue weighted by Crippen LogP contribution is 2.43. The van der Waals surface area contributed by atoms with Gasteiger partial charge in [0.1, 0.15) is 10.7 Å². The van der Waals surface area contributed by atoms with Gasteiger partial charge in [-0.1, -0.05) is 61.5 Å². The summed E-state index contributed by atoms with van der Waals surface area (Å²) in [6, 6.07) is 28.2. The minimum absolute atomic E-state index is 0.0984. The molecule has 6 rings (SSSR count). The topological polar surface area (TPSA) is 114 Å². The molecule has 5 aromatic rings. The number of nitrogens with one attached hydrogen (secondary N) is 3. The molecule has 1 aliphatic carbocycles. The molecule has 0 aliphatic heterocycles. The molecule has 2 unspecified atom stereocenters. The van der Waals surface area contributed by atoms with Gasteiger partial charge >= 0.3 is 5.97 Å². The molecule has 3 aromatic carbocycles. The van der Waals surface area contributed by atoms with Crippen LogP contribution in [-0.2, 0) is 27.2 Å². The first-order valence-corrected chi connectivity index (χ1v) is 19.2. The Morgan fingerprint density at radius 1 is 0.961 bits per heavy atom. The van der Waals surface area contributed by atoms with Crippen LogP contribution in [0.15, 0.2) is 112 Å². The molecule has 0 bridgehead atoms. The third kappa shape index (κ3) is 8.86. The molecule has 8 nitrogen and oxygen atoms in total. The standard InChI is InChI=1S/C40H37N3O5S3/c1-3-33(38(46)43-39-35(40(47)48-2)31-18-17-28(22-34(31)51-39)26-11-6-4-7-12-26)50-30-16-10-15-29(23-30)41-37(45)32(21-25-19-20-49-24-25)42-36(44)27-13-8-5-9-14-27/h4-16,19-21,23-24,28,33H,3,17-18,22H2,1-2H3,(H,41,45)(H,42,44)(H,43,46)/b32-21-. The average molecular weight is 736 g/mol. The Labute approximate surface area is 309 Å². The molecule has 0 radical (unpaired) electrons. The van der Waals surface area contributed by atoms with Crippen LogP contribution in [0.5, 0.6) is 0 Å². The highest BCUT2D eigenvalue weighted by atomic mass is 32.2. The largest absolute Gasteiger partial charge is 0.465 e. The monoisotopic (exact) mass is 735 g/mol. The molecule has 3 amide bonds. The summed E-state index contributed by atoms with van der Waals surface area (Å²) in [6.45, 7) is 1.94. The van der Waals surface area contributed by atoms with Crippen LogP contribution in [0.3, 0.4) is 0 Å². The number of carbonyl (C=O) groups excluding carboxylic acids is 4. The van der Waals surface area contributed by atoms with Crippen molar-refractivity contribution < 1.29 is 23.9 Å². The lowest BCUT2D eigenvalue weighted by Gasteiger charge is -2.22. The van der Waals surface area contributed by atoms with E-state index in [1.54, 1.807) is 48.5 Å². The lowest BCUT2D eigenvalue weighted by Crippen LogP contribution is -2.30. The van der Waals surface area contributed by atoms with Crippen molar-refractivity contribution in [3.8, 4) is 0 Å². The van der Waals surface area contributed by atoms with Crippen LogP contribution in [0.25, 0.3) is 6.08 Å². The summed E-state index contributed by atoms with van der Waals surface area (Å²) in [6.07, 6.45) is 4.61. The number of rotatable bonds is 12. The zero-order valence-corrected chi connectivity index (χ0v) is 30.6. The molecule has 0 saturated carbocycles. The normalized spacial score (nSPS) is 14.5. The molecule has 2 heterocycles. The van der Waals surface area contributed by atoms with E-state index in [4.69, 9.17) is 4.74 Å². The molecule has 51 heavy (non-hydrogen) atoms. The molecule has 260 valence electrons. The van der Waals surface area contributed by atoms with Crippen molar-refractivity contribution in [3.63, 3.8) is 0 Å². The van der Waals surface area contributed by atoms with Gasteiger partial charge in [0.25, 0.3) is 11.8 Å². The minimum Gasteiger partial charge on any atom is -0.465 e. The molecule has 3 N–H and O–H groups in total. The second kappa shape index (κ2) is 16.8. The van der Waals surface area contributed by atoms with Crippen LogP contribution in [-0.4, -0.2) is 36.1 Å². The first kappa shape index (κ1) is 35.8. The SMILES string of the molecule is CCC(Sc1cccc(NC(=O)/C(=C/c2ccsc2)NC(=O)c2ccccc2)c1)C(=O)Nc1sc2c(c1C(=O)OC)CCC(c1ccccc1)C2. The summed E-state index contributed by atoms with van der Waals surface area (Å²) in [5.41, 5.74) is 4.52. The number of anilines is 2. The van der Waals surface area contributed by atoms with Gasteiger partial charge < -0.3 is 20.7 Å². The second-order valence-electron chi connectivity index (χ2n) is 12.0. The molecular formula is C40H37N3O5S3. The maximum absolute atomic E-state index is 13.7. The summed E-state index contributed by atoms with van der Waals surface area (Å²) >= 11 is 4.32. The van der Waals surface area contributed by atoms with Crippen molar-refractivity contribution in [2.24, 2.45) is 0 Å². The molecule has 2 atom stereocenters. The maximum Gasteiger partial charge on any atom is 0.341 e. The van der Waals surface area contributed by atoms with E-state index in [1.807, 2.05) is 54.1 Å². The van der Waals surface area contributed by atoms with Crippen molar-refractivity contribution in [2.45, 2.75) is 48.7 Å².